The quantitative estimate of drug-likeness (QED) is 0.231. The zero-order valence-electron chi connectivity index (χ0n) is 18.5. The minimum atomic E-state index is 0. The van der Waals surface area contributed by atoms with E-state index in [2.05, 4.69) is 59.6 Å². The van der Waals surface area contributed by atoms with E-state index in [0.717, 1.165) is 70.2 Å². The van der Waals surface area contributed by atoms with E-state index in [1.807, 2.05) is 17.9 Å². The third-order valence-electron chi connectivity index (χ3n) is 5.37. The molecule has 0 radical (unpaired) electrons. The Morgan fingerprint density at radius 3 is 2.73 bits per heavy atom. The van der Waals surface area contributed by atoms with Gasteiger partial charge in [-0.05, 0) is 49.4 Å². The number of hydrogen-bond acceptors (Lipinski definition) is 3. The van der Waals surface area contributed by atoms with Crippen LogP contribution in [-0.2, 0) is 13.5 Å². The molecule has 1 aliphatic rings. The Bertz CT molecular complexity index is 774. The number of hydrogen-bond donors (Lipinski definition) is 1. The van der Waals surface area contributed by atoms with E-state index in [-0.39, 0.29) is 24.0 Å². The maximum absolute atomic E-state index is 5.74. The molecule has 1 unspecified atom stereocenters. The van der Waals surface area contributed by atoms with E-state index >= 15 is 0 Å². The van der Waals surface area contributed by atoms with Gasteiger partial charge in [0, 0.05) is 45.3 Å². The Balaban J connectivity index is 0.00000320. The number of nitrogens with one attached hydrogen (secondary N) is 1. The van der Waals surface area contributed by atoms with E-state index in [1.165, 1.54) is 11.1 Å². The molecule has 30 heavy (non-hydrogen) atoms. The van der Waals surface area contributed by atoms with Crippen molar-refractivity contribution in [3.05, 3.63) is 47.8 Å². The fraction of sp³-hybridized carbons (Fsp3) is 0.565. The lowest BCUT2D eigenvalue weighted by molar-refractivity contribution is 0.309. The summed E-state index contributed by atoms with van der Waals surface area (Å²) in [5.41, 5.74) is 2.62. The third-order valence-corrected chi connectivity index (χ3v) is 5.37. The lowest BCUT2D eigenvalue weighted by atomic mass is 10.0. The molecular weight excluding hydrogens is 489 g/mol. The molecule has 0 bridgehead atoms. The van der Waals surface area contributed by atoms with Gasteiger partial charge < -0.3 is 15.0 Å². The van der Waals surface area contributed by atoms with Gasteiger partial charge >= 0.3 is 0 Å². The molecule has 0 aliphatic carbocycles. The van der Waals surface area contributed by atoms with Crippen LogP contribution in [0.3, 0.4) is 0 Å². The monoisotopic (exact) mass is 525 g/mol. The van der Waals surface area contributed by atoms with Crippen molar-refractivity contribution in [3.63, 3.8) is 0 Å². The number of unbranched alkanes of at least 4 members (excludes halogenated alkanes) is 1. The van der Waals surface area contributed by atoms with Crippen molar-refractivity contribution in [1.82, 2.24) is 20.0 Å². The standard InChI is InChI=1S/C23H35N5O.HI/c1-4-6-15-29-22-9-7-19(8-10-22)11-13-25-23(24-5-2)28-14-12-20(18-28)21-16-26-27(3)17-21;/h7-10,16-17,20H,4-6,11-15,18H2,1-3H3,(H,24,25);1H. The Labute approximate surface area is 198 Å². The maximum atomic E-state index is 5.74. The summed E-state index contributed by atoms with van der Waals surface area (Å²) in [4.78, 5) is 7.27. The van der Waals surface area contributed by atoms with Crippen LogP contribution < -0.4 is 10.1 Å². The van der Waals surface area contributed by atoms with Gasteiger partial charge in [0.05, 0.1) is 12.8 Å². The molecule has 1 fully saturated rings. The first kappa shape index (κ1) is 24.5. The summed E-state index contributed by atoms with van der Waals surface area (Å²) >= 11 is 0. The smallest absolute Gasteiger partial charge is 0.193 e. The van der Waals surface area contributed by atoms with Crippen LogP contribution in [-0.4, -0.2) is 53.4 Å². The van der Waals surface area contributed by atoms with Gasteiger partial charge in [-0.25, -0.2) is 0 Å². The van der Waals surface area contributed by atoms with Gasteiger partial charge in [0.2, 0.25) is 0 Å². The van der Waals surface area contributed by atoms with Crippen LogP contribution in [0.15, 0.2) is 41.7 Å². The minimum Gasteiger partial charge on any atom is -0.494 e. The highest BCUT2D eigenvalue weighted by molar-refractivity contribution is 14.0. The number of aliphatic imine (C=N–C) groups is 1. The normalized spacial score (nSPS) is 16.4. The number of aryl methyl sites for hydroxylation is 1. The number of likely N-dealkylation sites (tertiary alicyclic amines) is 1. The molecule has 1 aromatic heterocycles. The maximum Gasteiger partial charge on any atom is 0.193 e. The van der Waals surface area contributed by atoms with Crippen molar-refractivity contribution in [2.24, 2.45) is 12.0 Å². The molecule has 1 aliphatic heterocycles. The van der Waals surface area contributed by atoms with E-state index < -0.39 is 0 Å². The number of nitrogens with zero attached hydrogens (tertiary/aromatic N) is 4. The van der Waals surface area contributed by atoms with Gasteiger partial charge in [0.1, 0.15) is 5.75 Å². The summed E-state index contributed by atoms with van der Waals surface area (Å²) in [6.07, 6.45) is 8.47. The number of aromatic nitrogens is 2. The predicted molar refractivity (Wildman–Crippen MR) is 134 cm³/mol. The predicted octanol–water partition coefficient (Wildman–Crippen LogP) is 4.21. The summed E-state index contributed by atoms with van der Waals surface area (Å²) in [6, 6.07) is 8.44. The van der Waals surface area contributed by atoms with Gasteiger partial charge in [-0.1, -0.05) is 25.5 Å². The molecule has 166 valence electrons. The first-order valence-electron chi connectivity index (χ1n) is 10.9. The first-order valence-corrected chi connectivity index (χ1v) is 10.9. The van der Waals surface area contributed by atoms with E-state index in [9.17, 15) is 0 Å². The minimum absolute atomic E-state index is 0. The van der Waals surface area contributed by atoms with Crippen molar-refractivity contribution in [2.75, 3.05) is 32.8 Å². The SMILES string of the molecule is CCCCOc1ccc(CCN=C(NCC)N2CCC(c3cnn(C)c3)C2)cc1.I. The Hall–Kier alpha value is -1.77. The van der Waals surface area contributed by atoms with E-state index in [1.54, 1.807) is 0 Å². The fourth-order valence-electron chi connectivity index (χ4n) is 3.68. The van der Waals surface area contributed by atoms with Gasteiger partial charge in [-0.3, -0.25) is 9.67 Å². The second-order valence-electron chi connectivity index (χ2n) is 7.71. The number of guanidine groups is 1. The number of ether oxygens (including phenoxy) is 1. The molecule has 6 nitrogen and oxygen atoms in total. The molecule has 0 amide bonds. The molecule has 3 rings (SSSR count). The van der Waals surface area contributed by atoms with Crippen LogP contribution in [0.25, 0.3) is 0 Å². The summed E-state index contributed by atoms with van der Waals surface area (Å²) < 4.78 is 7.63. The second-order valence-corrected chi connectivity index (χ2v) is 7.71. The Kier molecular flexibility index (Phi) is 10.5. The van der Waals surface area contributed by atoms with Crippen LogP contribution in [0.5, 0.6) is 5.75 Å². The molecule has 2 heterocycles. The van der Waals surface area contributed by atoms with E-state index in [0.29, 0.717) is 5.92 Å². The molecule has 1 aromatic carbocycles. The van der Waals surface area contributed by atoms with Crippen LogP contribution in [0.4, 0.5) is 0 Å². The number of benzene rings is 1. The Morgan fingerprint density at radius 2 is 2.07 bits per heavy atom. The highest BCUT2D eigenvalue weighted by atomic mass is 127. The second kappa shape index (κ2) is 12.8. The number of rotatable bonds is 9. The van der Waals surface area contributed by atoms with Crippen LogP contribution in [0, 0.1) is 0 Å². The van der Waals surface area contributed by atoms with Gasteiger partial charge in [-0.2, -0.15) is 5.10 Å². The summed E-state index contributed by atoms with van der Waals surface area (Å²) in [7, 11) is 1.98. The van der Waals surface area contributed by atoms with Crippen molar-refractivity contribution in [2.45, 2.75) is 45.4 Å². The number of halogens is 1. The summed E-state index contributed by atoms with van der Waals surface area (Å²) in [5.74, 6) is 2.52. The highest BCUT2D eigenvalue weighted by Crippen LogP contribution is 2.26. The van der Waals surface area contributed by atoms with Crippen molar-refractivity contribution >= 4 is 29.9 Å². The van der Waals surface area contributed by atoms with Crippen molar-refractivity contribution < 1.29 is 4.74 Å². The van der Waals surface area contributed by atoms with Crippen LogP contribution >= 0.6 is 24.0 Å². The molecule has 0 saturated carbocycles. The summed E-state index contributed by atoms with van der Waals surface area (Å²) in [6.45, 7) is 8.80. The highest BCUT2D eigenvalue weighted by Gasteiger charge is 2.26. The topological polar surface area (TPSA) is 54.7 Å². The van der Waals surface area contributed by atoms with Crippen molar-refractivity contribution in [1.29, 1.82) is 0 Å². The van der Waals surface area contributed by atoms with E-state index in [4.69, 9.17) is 9.73 Å². The van der Waals surface area contributed by atoms with Gasteiger partial charge in [0.25, 0.3) is 0 Å². The molecule has 7 heteroatoms. The molecular formula is C23H36IN5O. The van der Waals surface area contributed by atoms with Crippen LogP contribution in [0.2, 0.25) is 0 Å². The first-order chi connectivity index (χ1) is 14.2. The average Bonchev–Trinajstić information content (AvgIpc) is 3.38. The van der Waals surface area contributed by atoms with Crippen LogP contribution in [0.1, 0.15) is 50.2 Å². The Morgan fingerprint density at radius 1 is 1.27 bits per heavy atom. The summed E-state index contributed by atoms with van der Waals surface area (Å²) in [5, 5.41) is 7.78. The van der Waals surface area contributed by atoms with Gasteiger partial charge in [-0.15, -0.1) is 24.0 Å². The molecule has 2 aromatic rings. The molecule has 1 N–H and O–H groups in total. The molecule has 0 spiro atoms. The third kappa shape index (κ3) is 7.18. The zero-order chi connectivity index (χ0) is 20.5. The molecule has 1 atom stereocenters. The average molecular weight is 525 g/mol. The van der Waals surface area contributed by atoms with Gasteiger partial charge in [0.15, 0.2) is 5.96 Å². The zero-order valence-corrected chi connectivity index (χ0v) is 20.8. The molecule has 1 saturated heterocycles. The lowest BCUT2D eigenvalue weighted by Gasteiger charge is -2.21. The van der Waals surface area contributed by atoms with Crippen molar-refractivity contribution in [3.8, 4) is 5.75 Å². The largest absolute Gasteiger partial charge is 0.494 e. The lowest BCUT2D eigenvalue weighted by Crippen LogP contribution is -2.40. The fourth-order valence-corrected chi connectivity index (χ4v) is 3.68.